The second kappa shape index (κ2) is 8.62. The first-order valence-corrected chi connectivity index (χ1v) is 9.09. The SMILES string of the molecule is C=CCNC(=O)Cc1ccc(N(Cc2cccc(F)c2)C(=O)C2CC2)cc1. The molecule has 0 aliphatic heterocycles. The lowest BCUT2D eigenvalue weighted by molar-refractivity contribution is -0.120. The molecule has 0 spiro atoms. The summed E-state index contributed by atoms with van der Waals surface area (Å²) in [5, 5.41) is 2.74. The summed E-state index contributed by atoms with van der Waals surface area (Å²) in [6, 6.07) is 13.7. The van der Waals surface area contributed by atoms with Crippen LogP contribution in [0.25, 0.3) is 0 Å². The number of rotatable bonds is 8. The van der Waals surface area contributed by atoms with E-state index in [1.807, 2.05) is 30.3 Å². The van der Waals surface area contributed by atoms with Crippen molar-refractivity contribution in [3.8, 4) is 0 Å². The summed E-state index contributed by atoms with van der Waals surface area (Å²) >= 11 is 0. The molecule has 1 fully saturated rings. The Balaban J connectivity index is 1.74. The minimum Gasteiger partial charge on any atom is -0.352 e. The Morgan fingerprint density at radius 2 is 1.89 bits per heavy atom. The summed E-state index contributed by atoms with van der Waals surface area (Å²) in [7, 11) is 0. The molecule has 2 amide bonds. The standard InChI is InChI=1S/C22H23FN2O2/c1-2-12-24-21(26)14-16-6-10-20(11-7-16)25(22(27)18-8-9-18)15-17-4-3-5-19(23)13-17/h2-7,10-11,13,18H,1,8-9,12,14-15H2,(H,24,26). The molecular formula is C22H23FN2O2. The summed E-state index contributed by atoms with van der Waals surface area (Å²) in [4.78, 5) is 26.2. The van der Waals surface area contributed by atoms with Crippen LogP contribution in [0.3, 0.4) is 0 Å². The van der Waals surface area contributed by atoms with Gasteiger partial charge in [-0.15, -0.1) is 6.58 Å². The van der Waals surface area contributed by atoms with Gasteiger partial charge in [0.05, 0.1) is 13.0 Å². The van der Waals surface area contributed by atoms with Crippen LogP contribution in [-0.2, 0) is 22.6 Å². The molecule has 0 atom stereocenters. The van der Waals surface area contributed by atoms with Gasteiger partial charge in [0.1, 0.15) is 5.82 Å². The van der Waals surface area contributed by atoms with Crippen LogP contribution in [0, 0.1) is 11.7 Å². The lowest BCUT2D eigenvalue weighted by Crippen LogP contribution is -2.31. The van der Waals surface area contributed by atoms with E-state index in [2.05, 4.69) is 11.9 Å². The van der Waals surface area contributed by atoms with Crippen molar-refractivity contribution in [2.75, 3.05) is 11.4 Å². The lowest BCUT2D eigenvalue weighted by Gasteiger charge is -2.23. The third-order valence-electron chi connectivity index (χ3n) is 4.48. The van der Waals surface area contributed by atoms with E-state index in [9.17, 15) is 14.0 Å². The van der Waals surface area contributed by atoms with Crippen LogP contribution >= 0.6 is 0 Å². The summed E-state index contributed by atoms with van der Waals surface area (Å²) < 4.78 is 13.5. The van der Waals surface area contributed by atoms with Gasteiger partial charge in [-0.25, -0.2) is 4.39 Å². The average Bonchev–Trinajstić information content (AvgIpc) is 3.50. The number of nitrogens with one attached hydrogen (secondary N) is 1. The Kier molecular flexibility index (Phi) is 6.01. The maximum atomic E-state index is 13.5. The van der Waals surface area contributed by atoms with Gasteiger partial charge in [-0.1, -0.05) is 30.3 Å². The summed E-state index contributed by atoms with van der Waals surface area (Å²) in [6.07, 6.45) is 3.71. The zero-order valence-corrected chi connectivity index (χ0v) is 15.2. The highest BCUT2D eigenvalue weighted by Gasteiger charge is 2.34. The number of carbonyl (C=O) groups excluding carboxylic acids is 2. The molecule has 2 aromatic rings. The molecule has 0 radical (unpaired) electrons. The Morgan fingerprint density at radius 3 is 2.52 bits per heavy atom. The van der Waals surface area contributed by atoms with Gasteiger partial charge in [-0.05, 0) is 48.2 Å². The van der Waals surface area contributed by atoms with Crippen molar-refractivity contribution in [1.29, 1.82) is 0 Å². The van der Waals surface area contributed by atoms with Gasteiger partial charge < -0.3 is 10.2 Å². The fourth-order valence-corrected chi connectivity index (χ4v) is 2.89. The van der Waals surface area contributed by atoms with Crippen LogP contribution in [0.2, 0.25) is 0 Å². The fraction of sp³-hybridized carbons (Fsp3) is 0.273. The number of anilines is 1. The van der Waals surface area contributed by atoms with E-state index in [4.69, 9.17) is 0 Å². The molecule has 140 valence electrons. The van der Waals surface area contributed by atoms with E-state index in [0.29, 0.717) is 13.1 Å². The minimum atomic E-state index is -0.313. The summed E-state index contributed by atoms with van der Waals surface area (Å²) in [5.41, 5.74) is 2.37. The zero-order chi connectivity index (χ0) is 19.2. The number of hydrogen-bond donors (Lipinski definition) is 1. The largest absolute Gasteiger partial charge is 0.352 e. The first-order chi connectivity index (χ1) is 13.1. The molecule has 27 heavy (non-hydrogen) atoms. The predicted molar refractivity (Wildman–Crippen MR) is 104 cm³/mol. The fourth-order valence-electron chi connectivity index (χ4n) is 2.89. The van der Waals surface area contributed by atoms with Crippen LogP contribution in [-0.4, -0.2) is 18.4 Å². The molecule has 1 aliphatic rings. The van der Waals surface area contributed by atoms with E-state index in [-0.39, 0.29) is 30.0 Å². The summed E-state index contributed by atoms with van der Waals surface area (Å²) in [5.74, 6) is -0.265. The van der Waals surface area contributed by atoms with E-state index < -0.39 is 0 Å². The maximum absolute atomic E-state index is 13.5. The molecule has 5 heteroatoms. The predicted octanol–water partition coefficient (Wildman–Crippen LogP) is 3.61. The van der Waals surface area contributed by atoms with Gasteiger partial charge in [0.25, 0.3) is 0 Å². The Morgan fingerprint density at radius 1 is 1.15 bits per heavy atom. The maximum Gasteiger partial charge on any atom is 0.230 e. The van der Waals surface area contributed by atoms with E-state index in [1.165, 1.54) is 12.1 Å². The van der Waals surface area contributed by atoms with Crippen molar-refractivity contribution >= 4 is 17.5 Å². The molecule has 1 aliphatic carbocycles. The van der Waals surface area contributed by atoms with Gasteiger partial charge in [-0.2, -0.15) is 0 Å². The number of carbonyl (C=O) groups is 2. The Hall–Kier alpha value is -2.95. The highest BCUT2D eigenvalue weighted by molar-refractivity contribution is 5.96. The molecule has 1 N–H and O–H groups in total. The van der Waals surface area contributed by atoms with Crippen LogP contribution in [0.4, 0.5) is 10.1 Å². The second-order valence-electron chi connectivity index (χ2n) is 6.76. The second-order valence-corrected chi connectivity index (χ2v) is 6.76. The van der Waals surface area contributed by atoms with Crippen LogP contribution < -0.4 is 10.2 Å². The number of halogens is 1. The van der Waals surface area contributed by atoms with Gasteiger partial charge in [0.15, 0.2) is 0 Å². The first-order valence-electron chi connectivity index (χ1n) is 9.09. The van der Waals surface area contributed by atoms with Crippen molar-refractivity contribution in [3.63, 3.8) is 0 Å². The van der Waals surface area contributed by atoms with Crippen molar-refractivity contribution in [3.05, 3.63) is 78.1 Å². The third kappa shape index (κ3) is 5.26. The Bertz CT molecular complexity index is 828. The molecule has 4 nitrogen and oxygen atoms in total. The molecule has 2 aromatic carbocycles. The molecule has 1 saturated carbocycles. The quantitative estimate of drug-likeness (QED) is 0.726. The number of nitrogens with zero attached hydrogens (tertiary/aromatic N) is 1. The molecule has 3 rings (SSSR count). The van der Waals surface area contributed by atoms with E-state index in [1.54, 1.807) is 17.0 Å². The number of amides is 2. The highest BCUT2D eigenvalue weighted by Crippen LogP contribution is 2.33. The summed E-state index contributed by atoms with van der Waals surface area (Å²) in [6.45, 7) is 4.33. The van der Waals surface area contributed by atoms with Gasteiger partial charge in [-0.3, -0.25) is 9.59 Å². The van der Waals surface area contributed by atoms with Crippen LogP contribution in [0.15, 0.2) is 61.2 Å². The van der Waals surface area contributed by atoms with Crippen molar-refractivity contribution in [1.82, 2.24) is 5.32 Å². The van der Waals surface area contributed by atoms with E-state index in [0.717, 1.165) is 29.7 Å². The topological polar surface area (TPSA) is 49.4 Å². The number of benzene rings is 2. The normalized spacial score (nSPS) is 13.1. The molecule has 0 unspecified atom stereocenters. The van der Waals surface area contributed by atoms with Crippen LogP contribution in [0.1, 0.15) is 24.0 Å². The average molecular weight is 366 g/mol. The monoisotopic (exact) mass is 366 g/mol. The molecule has 0 saturated heterocycles. The highest BCUT2D eigenvalue weighted by atomic mass is 19.1. The molecule has 0 aromatic heterocycles. The van der Waals surface area contributed by atoms with Crippen molar-refractivity contribution in [2.24, 2.45) is 5.92 Å². The minimum absolute atomic E-state index is 0.0583. The molecule has 0 bridgehead atoms. The van der Waals surface area contributed by atoms with E-state index >= 15 is 0 Å². The first kappa shape index (κ1) is 18.8. The van der Waals surface area contributed by atoms with Gasteiger partial charge in [0.2, 0.25) is 11.8 Å². The molecular weight excluding hydrogens is 343 g/mol. The van der Waals surface area contributed by atoms with Crippen LogP contribution in [0.5, 0.6) is 0 Å². The van der Waals surface area contributed by atoms with Crippen molar-refractivity contribution in [2.45, 2.75) is 25.8 Å². The number of hydrogen-bond acceptors (Lipinski definition) is 2. The smallest absolute Gasteiger partial charge is 0.230 e. The van der Waals surface area contributed by atoms with Gasteiger partial charge in [0, 0.05) is 18.2 Å². The lowest BCUT2D eigenvalue weighted by atomic mass is 10.1. The van der Waals surface area contributed by atoms with Gasteiger partial charge >= 0.3 is 0 Å². The Labute approximate surface area is 158 Å². The molecule has 0 heterocycles. The third-order valence-corrected chi connectivity index (χ3v) is 4.48. The van der Waals surface area contributed by atoms with Crippen molar-refractivity contribution < 1.29 is 14.0 Å². The zero-order valence-electron chi connectivity index (χ0n) is 15.2.